The van der Waals surface area contributed by atoms with E-state index >= 15 is 0 Å². The first-order valence-electron chi connectivity index (χ1n) is 12.2. The molecule has 7 heteroatoms. The van der Waals surface area contributed by atoms with Crippen LogP contribution in [-0.2, 0) is 17.9 Å². The van der Waals surface area contributed by atoms with Crippen LogP contribution in [0.5, 0.6) is 0 Å². The van der Waals surface area contributed by atoms with Crippen molar-refractivity contribution < 1.29 is 14.4 Å². The van der Waals surface area contributed by atoms with Gasteiger partial charge in [0.1, 0.15) is 0 Å². The summed E-state index contributed by atoms with van der Waals surface area (Å²) in [5.74, 6) is 1.87. The molecule has 1 atom stereocenters. The number of carbonyl (C=O) groups is 1. The summed E-state index contributed by atoms with van der Waals surface area (Å²) in [6, 6.07) is 11.1. The molecule has 1 fully saturated rings. The Balaban J connectivity index is 1.21. The standard InChI is InChI=1S/C28H29N3O3S/c1-15-6-20(7-16(2)25(15)24-14-35-13-17(24)3)27-29-26(30-34-27)18-4-5-19-11-31(12-22(19)8-18)23-9-21(10-23)28(32)33/h4-8,13,21,23-24H,9-12,14H2,1-3H3,(H,32,33). The summed E-state index contributed by atoms with van der Waals surface area (Å²) in [4.78, 5) is 18.3. The molecule has 1 aromatic heterocycles. The molecule has 35 heavy (non-hydrogen) atoms. The quantitative estimate of drug-likeness (QED) is 0.477. The molecule has 2 aliphatic heterocycles. The number of aliphatic carboxylic acids is 1. The Kier molecular flexibility index (Phi) is 5.57. The Morgan fingerprint density at radius 3 is 2.49 bits per heavy atom. The lowest BCUT2D eigenvalue weighted by Crippen LogP contribution is -2.44. The molecular formula is C28H29N3O3S. The lowest BCUT2D eigenvalue weighted by Gasteiger charge is -2.39. The zero-order chi connectivity index (χ0) is 24.3. The van der Waals surface area contributed by atoms with Crippen molar-refractivity contribution in [1.29, 1.82) is 0 Å². The molecule has 0 saturated heterocycles. The first-order chi connectivity index (χ1) is 16.9. The smallest absolute Gasteiger partial charge is 0.306 e. The van der Waals surface area contributed by atoms with Crippen molar-refractivity contribution in [2.75, 3.05) is 5.75 Å². The van der Waals surface area contributed by atoms with Gasteiger partial charge >= 0.3 is 5.97 Å². The summed E-state index contributed by atoms with van der Waals surface area (Å²) in [6.07, 6.45) is 1.49. The largest absolute Gasteiger partial charge is 0.481 e. The fourth-order valence-corrected chi connectivity index (χ4v) is 6.96. The highest BCUT2D eigenvalue weighted by Crippen LogP contribution is 2.41. The van der Waals surface area contributed by atoms with Gasteiger partial charge in [0.05, 0.1) is 5.92 Å². The van der Waals surface area contributed by atoms with E-state index in [0.717, 1.165) is 42.8 Å². The second-order valence-corrected chi connectivity index (χ2v) is 11.1. The monoisotopic (exact) mass is 487 g/mol. The molecule has 1 unspecified atom stereocenters. The topological polar surface area (TPSA) is 79.5 Å². The molecule has 3 aromatic rings. The predicted molar refractivity (Wildman–Crippen MR) is 137 cm³/mol. The lowest BCUT2D eigenvalue weighted by molar-refractivity contribution is -0.147. The van der Waals surface area contributed by atoms with Gasteiger partial charge in [-0.15, -0.1) is 11.8 Å². The van der Waals surface area contributed by atoms with Gasteiger partial charge in [-0.2, -0.15) is 4.98 Å². The van der Waals surface area contributed by atoms with Crippen LogP contribution >= 0.6 is 11.8 Å². The zero-order valence-electron chi connectivity index (χ0n) is 20.2. The summed E-state index contributed by atoms with van der Waals surface area (Å²) in [5, 5.41) is 15.7. The van der Waals surface area contributed by atoms with Gasteiger partial charge in [-0.25, -0.2) is 0 Å². The van der Waals surface area contributed by atoms with Crippen LogP contribution in [-0.4, -0.2) is 37.9 Å². The van der Waals surface area contributed by atoms with Gasteiger partial charge in [-0.05, 0) is 85.0 Å². The minimum atomic E-state index is -0.669. The van der Waals surface area contributed by atoms with E-state index in [1.807, 2.05) is 11.8 Å². The third-order valence-electron chi connectivity index (χ3n) is 7.89. The van der Waals surface area contributed by atoms with Gasteiger partial charge in [-0.3, -0.25) is 9.69 Å². The van der Waals surface area contributed by atoms with E-state index in [9.17, 15) is 9.90 Å². The van der Waals surface area contributed by atoms with Crippen LogP contribution in [0.4, 0.5) is 0 Å². The minimum Gasteiger partial charge on any atom is -0.481 e. The van der Waals surface area contributed by atoms with E-state index < -0.39 is 5.97 Å². The summed E-state index contributed by atoms with van der Waals surface area (Å²) in [7, 11) is 0. The molecule has 3 heterocycles. The predicted octanol–water partition coefficient (Wildman–Crippen LogP) is 5.93. The maximum Gasteiger partial charge on any atom is 0.306 e. The third kappa shape index (κ3) is 4.00. The fraction of sp³-hybridized carbons (Fsp3) is 0.393. The maximum absolute atomic E-state index is 11.1. The first kappa shape index (κ1) is 22.6. The Labute approximate surface area is 209 Å². The van der Waals surface area contributed by atoms with E-state index in [1.54, 1.807) is 0 Å². The van der Waals surface area contributed by atoms with Gasteiger partial charge in [0.15, 0.2) is 0 Å². The molecule has 2 aromatic carbocycles. The van der Waals surface area contributed by atoms with Gasteiger partial charge < -0.3 is 9.63 Å². The van der Waals surface area contributed by atoms with Crippen LogP contribution in [0.15, 0.2) is 45.8 Å². The average molecular weight is 488 g/mol. The lowest BCUT2D eigenvalue weighted by atomic mass is 9.79. The zero-order valence-corrected chi connectivity index (χ0v) is 21.1. The molecule has 6 rings (SSSR count). The average Bonchev–Trinajstić information content (AvgIpc) is 3.51. The minimum absolute atomic E-state index is 0.184. The summed E-state index contributed by atoms with van der Waals surface area (Å²) >= 11 is 1.89. The number of hydrogen-bond acceptors (Lipinski definition) is 6. The van der Waals surface area contributed by atoms with Crippen molar-refractivity contribution in [3.05, 3.63) is 69.1 Å². The number of carboxylic acid groups (broad SMARTS) is 1. The number of aromatic nitrogens is 2. The normalized spacial score (nSPS) is 23.7. The van der Waals surface area contributed by atoms with Crippen molar-refractivity contribution in [3.63, 3.8) is 0 Å². The van der Waals surface area contributed by atoms with Crippen molar-refractivity contribution in [1.82, 2.24) is 15.0 Å². The molecular weight excluding hydrogens is 458 g/mol. The van der Waals surface area contributed by atoms with Crippen LogP contribution in [0.3, 0.4) is 0 Å². The highest BCUT2D eigenvalue weighted by molar-refractivity contribution is 8.02. The van der Waals surface area contributed by atoms with E-state index in [4.69, 9.17) is 9.51 Å². The maximum atomic E-state index is 11.1. The van der Waals surface area contributed by atoms with Crippen molar-refractivity contribution in [3.8, 4) is 22.8 Å². The van der Waals surface area contributed by atoms with Gasteiger partial charge in [-0.1, -0.05) is 22.9 Å². The second-order valence-electron chi connectivity index (χ2n) is 10.2. The Morgan fingerprint density at radius 1 is 1.06 bits per heavy atom. The number of benzene rings is 2. The first-order valence-corrected chi connectivity index (χ1v) is 13.2. The number of thioether (sulfide) groups is 1. The van der Waals surface area contributed by atoms with Crippen molar-refractivity contribution >= 4 is 17.7 Å². The van der Waals surface area contributed by atoms with Crippen LogP contribution in [0, 0.1) is 19.8 Å². The van der Waals surface area contributed by atoms with E-state index in [-0.39, 0.29) is 5.92 Å². The third-order valence-corrected chi connectivity index (χ3v) is 8.95. The number of carboxylic acids is 1. The molecule has 180 valence electrons. The van der Waals surface area contributed by atoms with Gasteiger partial charge in [0, 0.05) is 41.9 Å². The Bertz CT molecular complexity index is 1330. The molecule has 0 amide bonds. The number of aryl methyl sites for hydroxylation is 2. The SMILES string of the molecule is CC1=CSCC1c1c(C)cc(-c2nc(-c3ccc4c(c3)CN(C3CC(C(=O)O)C3)C4)no2)cc1C. The molecule has 3 aliphatic rings. The van der Waals surface area contributed by atoms with Gasteiger partial charge in [0.25, 0.3) is 5.89 Å². The molecule has 1 N–H and O–H groups in total. The molecule has 6 nitrogen and oxygen atoms in total. The number of fused-ring (bicyclic) bond motifs is 1. The molecule has 1 saturated carbocycles. The highest BCUT2D eigenvalue weighted by Gasteiger charge is 2.39. The Morgan fingerprint density at radius 2 is 1.80 bits per heavy atom. The number of hydrogen-bond donors (Lipinski definition) is 1. The van der Waals surface area contributed by atoms with Crippen molar-refractivity contribution in [2.45, 2.75) is 58.7 Å². The molecule has 0 spiro atoms. The molecule has 0 bridgehead atoms. The van der Waals surface area contributed by atoms with E-state index in [2.05, 4.69) is 66.6 Å². The summed E-state index contributed by atoms with van der Waals surface area (Å²) in [6.45, 7) is 8.29. The van der Waals surface area contributed by atoms with Crippen LogP contribution < -0.4 is 0 Å². The number of nitrogens with zero attached hydrogens (tertiary/aromatic N) is 3. The second kappa shape index (κ2) is 8.64. The molecule has 1 aliphatic carbocycles. The summed E-state index contributed by atoms with van der Waals surface area (Å²) in [5.41, 5.74) is 9.85. The summed E-state index contributed by atoms with van der Waals surface area (Å²) < 4.78 is 5.70. The van der Waals surface area contributed by atoms with Crippen molar-refractivity contribution in [2.24, 2.45) is 5.92 Å². The Hall–Kier alpha value is -2.90. The van der Waals surface area contributed by atoms with Gasteiger partial charge in [0.2, 0.25) is 5.82 Å². The van der Waals surface area contributed by atoms with Crippen LogP contribution in [0.1, 0.15) is 53.5 Å². The van der Waals surface area contributed by atoms with E-state index in [1.165, 1.54) is 33.4 Å². The number of allylic oxidation sites excluding steroid dienone is 1. The van der Waals surface area contributed by atoms with E-state index in [0.29, 0.717) is 23.7 Å². The number of rotatable bonds is 5. The fourth-order valence-electron chi connectivity index (χ4n) is 5.81. The van der Waals surface area contributed by atoms with Crippen LogP contribution in [0.2, 0.25) is 0 Å². The highest BCUT2D eigenvalue weighted by atomic mass is 32.2. The molecule has 0 radical (unpaired) electrons. The van der Waals surface area contributed by atoms with Crippen LogP contribution in [0.25, 0.3) is 22.8 Å².